The van der Waals surface area contributed by atoms with Crippen molar-refractivity contribution >= 4 is 16.9 Å². The molecule has 0 radical (unpaired) electrons. The van der Waals surface area contributed by atoms with Gasteiger partial charge in [-0.2, -0.15) is 0 Å². The van der Waals surface area contributed by atoms with Crippen LogP contribution in [-0.2, 0) is 28.5 Å². The van der Waals surface area contributed by atoms with Gasteiger partial charge in [0, 0.05) is 24.6 Å². The number of aliphatic hydroxyl groups is 10. The van der Waals surface area contributed by atoms with Crippen molar-refractivity contribution in [3.05, 3.63) is 46.6 Å². The molecule has 3 aromatic rings. The number of esters is 1. The van der Waals surface area contributed by atoms with E-state index in [0.29, 0.717) is 0 Å². The number of fused-ring (bicyclic) bond motifs is 1. The first kappa shape index (κ1) is 42.4. The standard InChI is InChI=1S/C35H42O22/c1-11(38)50-10-19-23(43)26(46)29(49)34(55-19)57-32-27(47)22(42)18(9-37)54-35(32)56-31-24(44)20-15(40)6-14(51-33-28(48)25(45)21(41)17(8-36)53-33)7-16(20)52-30(31)12-2-4-13(39)5-3-12/h2-7,17-19,21-23,25-29,32-37,39-43,45-49H,8-10H2,1H3/t17-,18-,19-,21-,22-,23-,25+,26+,27+,28-,29-,32-,33-,34+,35+/m1/s1. The number of aromatic hydroxyl groups is 2. The fourth-order valence-corrected chi connectivity index (χ4v) is 6.47. The molecule has 1 aromatic heterocycles. The zero-order valence-electron chi connectivity index (χ0n) is 29.7. The Balaban J connectivity index is 1.39. The Kier molecular flexibility index (Phi) is 12.9. The summed E-state index contributed by atoms with van der Waals surface area (Å²) in [5.74, 6) is -3.21. The molecule has 22 nitrogen and oxygen atoms in total. The summed E-state index contributed by atoms with van der Waals surface area (Å²) in [7, 11) is 0. The molecule has 314 valence electrons. The lowest BCUT2D eigenvalue weighted by Gasteiger charge is -2.45. The fraction of sp³-hybridized carbons (Fsp3) is 0.543. The lowest BCUT2D eigenvalue weighted by molar-refractivity contribution is -0.358. The van der Waals surface area contributed by atoms with E-state index in [1.807, 2.05) is 0 Å². The molecule has 57 heavy (non-hydrogen) atoms. The van der Waals surface area contributed by atoms with Crippen LogP contribution in [0.15, 0.2) is 45.6 Å². The van der Waals surface area contributed by atoms with Crippen molar-refractivity contribution in [1.82, 2.24) is 0 Å². The molecule has 3 fully saturated rings. The zero-order valence-corrected chi connectivity index (χ0v) is 29.7. The van der Waals surface area contributed by atoms with Crippen molar-refractivity contribution in [3.63, 3.8) is 0 Å². The van der Waals surface area contributed by atoms with E-state index in [1.165, 1.54) is 24.3 Å². The Labute approximate surface area is 320 Å². The normalized spacial score (nSPS) is 35.8. The van der Waals surface area contributed by atoms with Crippen LogP contribution in [0.5, 0.6) is 23.0 Å². The highest BCUT2D eigenvalue weighted by Gasteiger charge is 2.52. The molecule has 6 rings (SSSR count). The van der Waals surface area contributed by atoms with Crippen molar-refractivity contribution in [2.24, 2.45) is 0 Å². The molecule has 0 aliphatic carbocycles. The molecule has 15 atom stereocenters. The molecule has 0 bridgehead atoms. The first-order chi connectivity index (χ1) is 27.0. The SMILES string of the molecule is CC(=O)OC[C@H]1O[C@@H](O[C@H]2[C@H](Oc3c(-c4ccc(O)cc4)oc4cc(O[C@@H]5O[C@H](CO)[C@@H](O)[C@H](O)[C@H]5O)cc(O)c4c3=O)O[C@H](CO)[C@@H](O)[C@@H]2O)[C@H](O)[C@@H](O)[C@@H]1O. The summed E-state index contributed by atoms with van der Waals surface area (Å²) in [6.07, 6.45) is -27.0. The van der Waals surface area contributed by atoms with Gasteiger partial charge in [0.15, 0.2) is 18.2 Å². The Morgan fingerprint density at radius 1 is 0.684 bits per heavy atom. The van der Waals surface area contributed by atoms with Gasteiger partial charge in [-0.25, -0.2) is 0 Å². The molecule has 0 spiro atoms. The topological polar surface area (TPSA) is 355 Å². The van der Waals surface area contributed by atoms with Gasteiger partial charge >= 0.3 is 5.97 Å². The summed E-state index contributed by atoms with van der Waals surface area (Å²) in [5.41, 5.74) is -1.42. The maximum atomic E-state index is 14.3. The highest BCUT2D eigenvalue weighted by Crippen LogP contribution is 2.39. The van der Waals surface area contributed by atoms with Gasteiger partial charge < -0.3 is 98.9 Å². The van der Waals surface area contributed by atoms with Crippen LogP contribution in [-0.4, -0.2) is 179 Å². The number of ether oxygens (including phenoxy) is 7. The van der Waals surface area contributed by atoms with Crippen LogP contribution in [0.2, 0.25) is 0 Å². The molecular weight excluding hydrogens is 772 g/mol. The van der Waals surface area contributed by atoms with Gasteiger partial charge in [-0.3, -0.25) is 9.59 Å². The number of benzene rings is 2. The molecule has 2 aromatic carbocycles. The van der Waals surface area contributed by atoms with Crippen LogP contribution >= 0.6 is 0 Å². The highest BCUT2D eigenvalue weighted by molar-refractivity contribution is 5.88. The van der Waals surface area contributed by atoms with Crippen molar-refractivity contribution < 1.29 is 104 Å². The lowest BCUT2D eigenvalue weighted by atomic mass is 9.97. The van der Waals surface area contributed by atoms with E-state index < -0.39 is 146 Å². The first-order valence-corrected chi connectivity index (χ1v) is 17.4. The van der Waals surface area contributed by atoms with E-state index in [0.717, 1.165) is 19.1 Å². The average Bonchev–Trinajstić information content (AvgIpc) is 3.18. The second-order valence-corrected chi connectivity index (χ2v) is 13.5. The Morgan fingerprint density at radius 3 is 1.86 bits per heavy atom. The first-order valence-electron chi connectivity index (χ1n) is 17.4. The van der Waals surface area contributed by atoms with E-state index in [2.05, 4.69) is 0 Å². The Morgan fingerprint density at radius 2 is 1.25 bits per heavy atom. The van der Waals surface area contributed by atoms with Gasteiger partial charge in [-0.05, 0) is 24.3 Å². The summed E-state index contributed by atoms with van der Waals surface area (Å²) < 4.78 is 44.9. The van der Waals surface area contributed by atoms with Gasteiger partial charge in [0.25, 0.3) is 0 Å². The van der Waals surface area contributed by atoms with Crippen molar-refractivity contribution in [1.29, 1.82) is 0 Å². The number of phenols is 2. The van der Waals surface area contributed by atoms with Crippen molar-refractivity contribution in [2.75, 3.05) is 19.8 Å². The maximum absolute atomic E-state index is 14.3. The number of phenolic OH excluding ortho intramolecular Hbond substituents is 2. The summed E-state index contributed by atoms with van der Waals surface area (Å²) in [6, 6.07) is 7.03. The quantitative estimate of drug-likeness (QED) is 0.0813. The van der Waals surface area contributed by atoms with Crippen LogP contribution in [0.3, 0.4) is 0 Å². The minimum absolute atomic E-state index is 0.0607. The number of hydrogen-bond donors (Lipinski definition) is 12. The Hall–Kier alpha value is -4.24. The van der Waals surface area contributed by atoms with Crippen molar-refractivity contribution in [3.8, 4) is 34.3 Å². The molecule has 0 amide bonds. The van der Waals surface area contributed by atoms with Gasteiger partial charge in [0.2, 0.25) is 23.8 Å². The summed E-state index contributed by atoms with van der Waals surface area (Å²) in [4.78, 5) is 25.7. The molecule has 4 heterocycles. The van der Waals surface area contributed by atoms with E-state index in [-0.39, 0.29) is 22.6 Å². The van der Waals surface area contributed by atoms with Gasteiger partial charge in [-0.15, -0.1) is 0 Å². The minimum atomic E-state index is -2.03. The molecular formula is C35H42O22. The van der Waals surface area contributed by atoms with Crippen molar-refractivity contribution in [2.45, 2.75) is 99.0 Å². The summed E-state index contributed by atoms with van der Waals surface area (Å²) in [5, 5.41) is 124. The molecule has 3 saturated heterocycles. The molecule has 0 saturated carbocycles. The number of hydrogen-bond acceptors (Lipinski definition) is 22. The highest BCUT2D eigenvalue weighted by atomic mass is 16.8. The molecule has 12 N–H and O–H groups in total. The monoisotopic (exact) mass is 814 g/mol. The third kappa shape index (κ3) is 8.50. The van der Waals surface area contributed by atoms with E-state index in [9.17, 15) is 70.9 Å². The van der Waals surface area contributed by atoms with Crippen LogP contribution in [0.4, 0.5) is 0 Å². The third-order valence-electron chi connectivity index (χ3n) is 9.61. The molecule has 22 heteroatoms. The van der Waals surface area contributed by atoms with Crippen LogP contribution < -0.4 is 14.9 Å². The number of carbonyl (C=O) groups excluding carboxylic acids is 1. The predicted octanol–water partition coefficient (Wildman–Crippen LogP) is -4.38. The third-order valence-corrected chi connectivity index (χ3v) is 9.61. The lowest BCUT2D eigenvalue weighted by Crippen LogP contribution is -2.65. The molecule has 0 unspecified atom stereocenters. The van der Waals surface area contributed by atoms with Crippen LogP contribution in [0.1, 0.15) is 6.92 Å². The smallest absolute Gasteiger partial charge is 0.302 e. The average molecular weight is 815 g/mol. The second-order valence-electron chi connectivity index (χ2n) is 13.5. The van der Waals surface area contributed by atoms with E-state index in [1.54, 1.807) is 0 Å². The largest absolute Gasteiger partial charge is 0.508 e. The molecule has 3 aliphatic heterocycles. The number of rotatable bonds is 11. The zero-order chi connectivity index (χ0) is 41.5. The number of aliphatic hydroxyl groups excluding tert-OH is 10. The number of carbonyl (C=O) groups is 1. The fourth-order valence-electron chi connectivity index (χ4n) is 6.47. The second kappa shape index (κ2) is 17.3. The maximum Gasteiger partial charge on any atom is 0.302 e. The van der Waals surface area contributed by atoms with E-state index in [4.69, 9.17) is 37.6 Å². The predicted molar refractivity (Wildman–Crippen MR) is 182 cm³/mol. The van der Waals surface area contributed by atoms with Gasteiger partial charge in [0.1, 0.15) is 102 Å². The van der Waals surface area contributed by atoms with E-state index >= 15 is 0 Å². The van der Waals surface area contributed by atoms with Crippen LogP contribution in [0.25, 0.3) is 22.3 Å². The van der Waals surface area contributed by atoms with Crippen LogP contribution in [0, 0.1) is 0 Å². The minimum Gasteiger partial charge on any atom is -0.508 e. The molecule has 3 aliphatic rings. The Bertz CT molecular complexity index is 1920. The van der Waals surface area contributed by atoms with Gasteiger partial charge in [-0.1, -0.05) is 0 Å². The summed E-state index contributed by atoms with van der Waals surface area (Å²) >= 11 is 0. The summed E-state index contributed by atoms with van der Waals surface area (Å²) in [6.45, 7) is -1.20. The van der Waals surface area contributed by atoms with Gasteiger partial charge in [0.05, 0.1) is 13.2 Å².